The highest BCUT2D eigenvalue weighted by Gasteiger charge is 2.18. The fourth-order valence-corrected chi connectivity index (χ4v) is 2.65. The number of anilines is 1. The topological polar surface area (TPSA) is 127 Å². The van der Waals surface area contributed by atoms with E-state index in [1.807, 2.05) is 0 Å². The molecule has 2 aromatic rings. The third kappa shape index (κ3) is 4.74. The van der Waals surface area contributed by atoms with Gasteiger partial charge in [-0.2, -0.15) is 0 Å². The third-order valence-corrected chi connectivity index (χ3v) is 4.14. The number of rotatable bonds is 4. The van der Waals surface area contributed by atoms with Crippen LogP contribution in [0.2, 0.25) is 5.02 Å². The van der Waals surface area contributed by atoms with Crippen molar-refractivity contribution in [2.75, 3.05) is 5.32 Å². The van der Waals surface area contributed by atoms with Gasteiger partial charge in [0, 0.05) is 28.9 Å². The van der Waals surface area contributed by atoms with E-state index in [1.54, 1.807) is 13.8 Å². The number of amides is 1. The number of thiocarbonyl (C=S) groups is 1. The molecule has 0 saturated carbocycles. The van der Waals surface area contributed by atoms with Gasteiger partial charge in [-0.1, -0.05) is 17.7 Å². The molecule has 0 radical (unpaired) electrons. The number of nitro benzene ring substituents is 2. The van der Waals surface area contributed by atoms with E-state index in [9.17, 15) is 25.0 Å². The number of halogens is 1. The monoisotopic (exact) mass is 408 g/mol. The molecule has 0 bridgehead atoms. The zero-order chi connectivity index (χ0) is 20.3. The molecule has 0 unspecified atom stereocenters. The lowest BCUT2D eigenvalue weighted by molar-refractivity contribution is -0.385. The van der Waals surface area contributed by atoms with Crippen LogP contribution in [0.4, 0.5) is 17.1 Å². The van der Waals surface area contributed by atoms with Crippen LogP contribution in [0.1, 0.15) is 21.5 Å². The van der Waals surface area contributed by atoms with Gasteiger partial charge < -0.3 is 5.32 Å². The second-order valence-electron chi connectivity index (χ2n) is 5.54. The predicted octanol–water partition coefficient (Wildman–Crippen LogP) is 3.90. The van der Waals surface area contributed by atoms with Gasteiger partial charge in [-0.25, -0.2) is 0 Å². The Labute approximate surface area is 163 Å². The summed E-state index contributed by atoms with van der Waals surface area (Å²) in [5.74, 6) is -0.638. The fraction of sp³-hybridized carbons (Fsp3) is 0.125. The number of nitrogens with one attached hydrogen (secondary N) is 2. The maximum atomic E-state index is 12.3. The minimum atomic E-state index is -0.638. The van der Waals surface area contributed by atoms with Gasteiger partial charge in [0.05, 0.1) is 9.85 Å². The standard InChI is InChI=1S/C16H13ClN4O5S/c1-8-3-4-10(6-13(8)20(23)24)15(22)19-16(27)18-12-7-11(17)14(21(25)26)5-9(12)2/h3-7H,1-2H3,(H2,18,19,22,27). The molecular formula is C16H13ClN4O5S. The Balaban J connectivity index is 2.15. The average Bonchev–Trinajstić information content (AvgIpc) is 2.57. The largest absolute Gasteiger partial charge is 0.332 e. The van der Waals surface area contributed by atoms with E-state index in [2.05, 4.69) is 10.6 Å². The number of hydrogen-bond acceptors (Lipinski definition) is 6. The van der Waals surface area contributed by atoms with Crippen LogP contribution in [0, 0.1) is 34.1 Å². The Hall–Kier alpha value is -3.11. The van der Waals surface area contributed by atoms with Crippen LogP contribution < -0.4 is 10.6 Å². The van der Waals surface area contributed by atoms with Crippen molar-refractivity contribution in [1.82, 2.24) is 5.32 Å². The second kappa shape index (κ2) is 8.06. The molecule has 0 fully saturated rings. The molecule has 0 aliphatic heterocycles. The van der Waals surface area contributed by atoms with Crippen LogP contribution in [-0.4, -0.2) is 20.9 Å². The number of carbonyl (C=O) groups is 1. The van der Waals surface area contributed by atoms with E-state index in [4.69, 9.17) is 23.8 Å². The summed E-state index contributed by atoms with van der Waals surface area (Å²) in [6.07, 6.45) is 0. The maximum absolute atomic E-state index is 12.3. The summed E-state index contributed by atoms with van der Waals surface area (Å²) in [6.45, 7) is 3.17. The van der Waals surface area contributed by atoms with Crippen molar-refractivity contribution < 1.29 is 14.6 Å². The normalized spacial score (nSPS) is 10.2. The maximum Gasteiger partial charge on any atom is 0.288 e. The Morgan fingerprint density at radius 2 is 1.67 bits per heavy atom. The molecule has 2 N–H and O–H groups in total. The summed E-state index contributed by atoms with van der Waals surface area (Å²) < 4.78 is 0. The molecule has 0 aliphatic carbocycles. The van der Waals surface area contributed by atoms with Gasteiger partial charge in [0.2, 0.25) is 0 Å². The highest BCUT2D eigenvalue weighted by molar-refractivity contribution is 7.80. The molecule has 0 atom stereocenters. The average molecular weight is 409 g/mol. The zero-order valence-electron chi connectivity index (χ0n) is 14.1. The van der Waals surface area contributed by atoms with Crippen molar-refractivity contribution in [3.8, 4) is 0 Å². The molecule has 9 nitrogen and oxygen atoms in total. The third-order valence-electron chi connectivity index (χ3n) is 3.63. The predicted molar refractivity (Wildman–Crippen MR) is 104 cm³/mol. The van der Waals surface area contributed by atoms with Crippen molar-refractivity contribution in [1.29, 1.82) is 0 Å². The van der Waals surface area contributed by atoms with Gasteiger partial charge >= 0.3 is 0 Å². The first kappa shape index (κ1) is 20.2. The molecule has 2 aromatic carbocycles. The zero-order valence-corrected chi connectivity index (χ0v) is 15.7. The smallest absolute Gasteiger partial charge is 0.288 e. The molecule has 1 amide bonds. The lowest BCUT2D eigenvalue weighted by Crippen LogP contribution is -2.34. The lowest BCUT2D eigenvalue weighted by Gasteiger charge is -2.12. The Kier molecular flexibility index (Phi) is 6.03. The first-order valence-electron chi connectivity index (χ1n) is 7.42. The first-order valence-corrected chi connectivity index (χ1v) is 8.20. The van der Waals surface area contributed by atoms with Crippen molar-refractivity contribution in [2.45, 2.75) is 13.8 Å². The number of carbonyl (C=O) groups excluding carboxylic acids is 1. The van der Waals surface area contributed by atoms with E-state index < -0.39 is 15.8 Å². The van der Waals surface area contributed by atoms with Gasteiger partial charge in [-0.05, 0) is 43.8 Å². The summed E-state index contributed by atoms with van der Waals surface area (Å²) in [7, 11) is 0. The molecule has 2 rings (SSSR count). The number of nitro groups is 2. The van der Waals surface area contributed by atoms with Crippen molar-refractivity contribution >= 4 is 51.9 Å². The minimum absolute atomic E-state index is 0.0647. The van der Waals surface area contributed by atoms with Crippen molar-refractivity contribution in [2.24, 2.45) is 0 Å². The fourth-order valence-electron chi connectivity index (χ4n) is 2.22. The van der Waals surface area contributed by atoms with Gasteiger partial charge in [0.15, 0.2) is 5.11 Å². The van der Waals surface area contributed by atoms with E-state index >= 15 is 0 Å². The van der Waals surface area contributed by atoms with Crippen LogP contribution in [0.15, 0.2) is 30.3 Å². The minimum Gasteiger partial charge on any atom is -0.332 e. The van der Waals surface area contributed by atoms with Gasteiger partial charge in [-0.3, -0.25) is 30.3 Å². The Morgan fingerprint density at radius 1 is 1.04 bits per heavy atom. The summed E-state index contributed by atoms with van der Waals surface area (Å²) in [4.78, 5) is 32.9. The molecule has 0 heterocycles. The molecule has 0 saturated heterocycles. The van der Waals surface area contributed by atoms with Crippen LogP contribution in [0.3, 0.4) is 0 Å². The quantitative estimate of drug-likeness (QED) is 0.446. The van der Waals surface area contributed by atoms with E-state index in [1.165, 1.54) is 24.3 Å². The van der Waals surface area contributed by atoms with E-state index in [0.717, 1.165) is 6.07 Å². The SMILES string of the molecule is Cc1cc([N+](=O)[O-])c(Cl)cc1NC(=S)NC(=O)c1ccc(C)c([N+](=O)[O-])c1. The summed E-state index contributed by atoms with van der Waals surface area (Å²) in [6, 6.07) is 6.65. The second-order valence-corrected chi connectivity index (χ2v) is 6.36. The van der Waals surface area contributed by atoms with Crippen LogP contribution in [0.25, 0.3) is 0 Å². The van der Waals surface area contributed by atoms with Gasteiger partial charge in [0.25, 0.3) is 17.3 Å². The Bertz CT molecular complexity index is 980. The molecule has 0 spiro atoms. The number of benzene rings is 2. The van der Waals surface area contributed by atoms with Gasteiger partial charge in [-0.15, -0.1) is 0 Å². The van der Waals surface area contributed by atoms with Crippen molar-refractivity contribution in [3.63, 3.8) is 0 Å². The highest BCUT2D eigenvalue weighted by atomic mass is 35.5. The first-order chi connectivity index (χ1) is 12.6. The molecule has 11 heteroatoms. The Morgan fingerprint density at radius 3 is 2.26 bits per heavy atom. The van der Waals surface area contributed by atoms with Crippen LogP contribution in [0.5, 0.6) is 0 Å². The lowest BCUT2D eigenvalue weighted by atomic mass is 10.1. The van der Waals surface area contributed by atoms with E-state index in [0.29, 0.717) is 16.8 Å². The molecule has 0 aromatic heterocycles. The molecular weight excluding hydrogens is 396 g/mol. The molecule has 0 aliphatic rings. The number of aryl methyl sites for hydroxylation is 2. The summed E-state index contributed by atoms with van der Waals surface area (Å²) >= 11 is 10.9. The number of nitrogens with zero attached hydrogens (tertiary/aromatic N) is 2. The number of hydrogen-bond donors (Lipinski definition) is 2. The summed E-state index contributed by atoms with van der Waals surface area (Å²) in [5.41, 5.74) is 0.934. The van der Waals surface area contributed by atoms with Crippen LogP contribution >= 0.6 is 23.8 Å². The van der Waals surface area contributed by atoms with Gasteiger partial charge in [0.1, 0.15) is 5.02 Å². The van der Waals surface area contributed by atoms with Crippen LogP contribution in [-0.2, 0) is 0 Å². The van der Waals surface area contributed by atoms with Crippen molar-refractivity contribution in [3.05, 3.63) is 72.3 Å². The highest BCUT2D eigenvalue weighted by Crippen LogP contribution is 2.30. The summed E-state index contributed by atoms with van der Waals surface area (Å²) in [5, 5.41) is 26.8. The molecule has 27 heavy (non-hydrogen) atoms. The van der Waals surface area contributed by atoms with E-state index in [-0.39, 0.29) is 27.1 Å². The molecule has 140 valence electrons.